The van der Waals surface area contributed by atoms with Gasteiger partial charge in [0.25, 0.3) is 0 Å². The van der Waals surface area contributed by atoms with Gasteiger partial charge in [-0.15, -0.1) is 0 Å². The second-order valence-electron chi connectivity index (χ2n) is 3.14. The molecule has 0 unspecified atom stereocenters. The molecule has 0 aliphatic carbocycles. The molecule has 0 bridgehead atoms. The molecular formula is C12H14O4. The van der Waals surface area contributed by atoms with E-state index in [0.29, 0.717) is 17.7 Å². The fraction of sp³-hybridized carbons (Fsp3) is 0.333. The van der Waals surface area contributed by atoms with E-state index in [2.05, 4.69) is 4.74 Å². The van der Waals surface area contributed by atoms with Crippen molar-refractivity contribution in [3.63, 3.8) is 0 Å². The Morgan fingerprint density at radius 1 is 1.25 bits per heavy atom. The van der Waals surface area contributed by atoms with Gasteiger partial charge in [-0.3, -0.25) is 4.79 Å². The van der Waals surface area contributed by atoms with Crippen molar-refractivity contribution in [2.24, 2.45) is 0 Å². The molecule has 0 spiro atoms. The van der Waals surface area contributed by atoms with Crippen LogP contribution < -0.4 is 4.74 Å². The van der Waals surface area contributed by atoms with E-state index in [0.717, 1.165) is 0 Å². The Morgan fingerprint density at radius 2 is 1.94 bits per heavy atom. The highest BCUT2D eigenvalue weighted by Crippen LogP contribution is 2.19. The first-order valence-electron chi connectivity index (χ1n) is 5.00. The Morgan fingerprint density at radius 3 is 2.56 bits per heavy atom. The summed E-state index contributed by atoms with van der Waals surface area (Å²) in [6, 6.07) is 6.84. The molecule has 0 saturated carbocycles. The van der Waals surface area contributed by atoms with Gasteiger partial charge >= 0.3 is 5.97 Å². The monoisotopic (exact) mass is 222 g/mol. The zero-order valence-electron chi connectivity index (χ0n) is 9.36. The Balaban J connectivity index is 2.79. The molecule has 0 N–H and O–H groups in total. The molecule has 86 valence electrons. The minimum atomic E-state index is -0.473. The minimum absolute atomic E-state index is 0.0135. The van der Waals surface area contributed by atoms with Gasteiger partial charge < -0.3 is 9.47 Å². The lowest BCUT2D eigenvalue weighted by atomic mass is 10.1. The zero-order chi connectivity index (χ0) is 12.0. The highest BCUT2D eigenvalue weighted by molar-refractivity contribution is 5.98. The van der Waals surface area contributed by atoms with Crippen molar-refractivity contribution in [2.45, 2.75) is 13.3 Å². The van der Waals surface area contributed by atoms with Crippen molar-refractivity contribution < 1.29 is 19.1 Å². The van der Waals surface area contributed by atoms with E-state index < -0.39 is 5.97 Å². The number of carbonyl (C=O) groups excluding carboxylic acids is 2. The minimum Gasteiger partial charge on any atom is -0.481 e. The highest BCUT2D eigenvalue weighted by atomic mass is 16.6. The summed E-state index contributed by atoms with van der Waals surface area (Å²) in [4.78, 5) is 22.5. The fourth-order valence-corrected chi connectivity index (χ4v) is 1.21. The van der Waals surface area contributed by atoms with Gasteiger partial charge in [-0.2, -0.15) is 0 Å². The average Bonchev–Trinajstić information content (AvgIpc) is 2.35. The van der Waals surface area contributed by atoms with Crippen molar-refractivity contribution in [3.8, 4) is 5.75 Å². The van der Waals surface area contributed by atoms with Crippen LogP contribution in [0.5, 0.6) is 5.75 Å². The van der Waals surface area contributed by atoms with Gasteiger partial charge in [0.05, 0.1) is 12.7 Å². The smallest absolute Gasteiger partial charge is 0.343 e. The molecule has 0 aromatic heterocycles. The van der Waals surface area contributed by atoms with Crippen LogP contribution in [0.15, 0.2) is 24.3 Å². The molecule has 0 radical (unpaired) electrons. The second-order valence-corrected chi connectivity index (χ2v) is 3.14. The standard InChI is InChI=1S/C12H14O4/c1-3-10(13)9-6-4-5-7-11(9)16-8-12(14)15-2/h4-7H,3,8H2,1-2H3. The number of hydrogen-bond donors (Lipinski definition) is 0. The maximum absolute atomic E-state index is 11.6. The zero-order valence-corrected chi connectivity index (χ0v) is 9.36. The summed E-state index contributed by atoms with van der Waals surface area (Å²) >= 11 is 0. The van der Waals surface area contributed by atoms with Crippen molar-refractivity contribution in [1.82, 2.24) is 0 Å². The Bertz CT molecular complexity index is 384. The number of hydrogen-bond acceptors (Lipinski definition) is 4. The summed E-state index contributed by atoms with van der Waals surface area (Å²) in [7, 11) is 1.29. The largest absolute Gasteiger partial charge is 0.481 e. The van der Waals surface area contributed by atoms with Gasteiger partial charge in [0.2, 0.25) is 0 Å². The molecule has 16 heavy (non-hydrogen) atoms. The van der Waals surface area contributed by atoms with Crippen LogP contribution in [0.2, 0.25) is 0 Å². The van der Waals surface area contributed by atoms with Gasteiger partial charge in [0.1, 0.15) is 5.75 Å². The topological polar surface area (TPSA) is 52.6 Å². The van der Waals surface area contributed by atoms with Crippen molar-refractivity contribution >= 4 is 11.8 Å². The molecule has 4 nitrogen and oxygen atoms in total. The van der Waals surface area contributed by atoms with Crippen LogP contribution in [-0.2, 0) is 9.53 Å². The van der Waals surface area contributed by atoms with E-state index in [-0.39, 0.29) is 12.4 Å². The van der Waals surface area contributed by atoms with Crippen LogP contribution in [0.1, 0.15) is 23.7 Å². The summed E-state index contributed by atoms with van der Waals surface area (Å²) in [6.45, 7) is 1.59. The van der Waals surface area contributed by atoms with E-state index >= 15 is 0 Å². The van der Waals surface area contributed by atoms with Crippen LogP contribution in [-0.4, -0.2) is 25.5 Å². The van der Waals surface area contributed by atoms with Gasteiger partial charge in [-0.05, 0) is 12.1 Å². The number of ketones is 1. The van der Waals surface area contributed by atoms with E-state index in [1.54, 1.807) is 31.2 Å². The molecule has 0 atom stereocenters. The summed E-state index contributed by atoms with van der Waals surface area (Å²) in [5.41, 5.74) is 0.494. The quantitative estimate of drug-likeness (QED) is 0.563. The van der Waals surface area contributed by atoms with Gasteiger partial charge in [0.15, 0.2) is 12.4 Å². The third kappa shape index (κ3) is 3.08. The van der Waals surface area contributed by atoms with Crippen LogP contribution in [0.3, 0.4) is 0 Å². The van der Waals surface area contributed by atoms with Crippen molar-refractivity contribution in [3.05, 3.63) is 29.8 Å². The number of Topliss-reactive ketones (excluding diaryl/α,β-unsaturated/α-hetero) is 1. The molecule has 0 fully saturated rings. The lowest BCUT2D eigenvalue weighted by Crippen LogP contribution is -2.14. The predicted molar refractivity (Wildman–Crippen MR) is 58.6 cm³/mol. The summed E-state index contributed by atoms with van der Waals surface area (Å²) < 4.78 is 9.67. The number of esters is 1. The SMILES string of the molecule is CCC(=O)c1ccccc1OCC(=O)OC. The lowest BCUT2D eigenvalue weighted by Gasteiger charge is -2.08. The first-order chi connectivity index (χ1) is 7.69. The molecule has 1 rings (SSSR count). The van der Waals surface area contributed by atoms with Crippen molar-refractivity contribution in [2.75, 3.05) is 13.7 Å². The molecule has 0 aliphatic rings. The molecule has 1 aromatic carbocycles. The van der Waals surface area contributed by atoms with Crippen LogP contribution in [0.4, 0.5) is 0 Å². The summed E-state index contributed by atoms with van der Waals surface area (Å²) in [5, 5.41) is 0. The van der Waals surface area contributed by atoms with E-state index in [4.69, 9.17) is 4.74 Å². The normalized spacial score (nSPS) is 9.62. The number of ether oxygens (including phenoxy) is 2. The molecule has 0 saturated heterocycles. The molecule has 0 amide bonds. The molecule has 4 heteroatoms. The maximum Gasteiger partial charge on any atom is 0.343 e. The summed E-state index contributed by atoms with van der Waals surface area (Å²) in [5.74, 6) is -0.0704. The van der Waals surface area contributed by atoms with E-state index in [1.807, 2.05) is 0 Å². The number of rotatable bonds is 5. The van der Waals surface area contributed by atoms with Crippen LogP contribution in [0.25, 0.3) is 0 Å². The fourth-order valence-electron chi connectivity index (χ4n) is 1.21. The molecule has 0 heterocycles. The van der Waals surface area contributed by atoms with E-state index in [1.165, 1.54) is 7.11 Å². The van der Waals surface area contributed by atoms with Gasteiger partial charge in [0, 0.05) is 6.42 Å². The number of methoxy groups -OCH3 is 1. The van der Waals surface area contributed by atoms with E-state index in [9.17, 15) is 9.59 Å². The third-order valence-corrected chi connectivity index (χ3v) is 2.08. The predicted octanol–water partition coefficient (Wildman–Crippen LogP) is 1.83. The average molecular weight is 222 g/mol. The third-order valence-electron chi connectivity index (χ3n) is 2.08. The Hall–Kier alpha value is -1.84. The highest BCUT2D eigenvalue weighted by Gasteiger charge is 2.11. The second kappa shape index (κ2) is 5.90. The maximum atomic E-state index is 11.6. The molecule has 1 aromatic rings. The van der Waals surface area contributed by atoms with Crippen molar-refractivity contribution in [1.29, 1.82) is 0 Å². The van der Waals surface area contributed by atoms with Gasteiger partial charge in [-0.25, -0.2) is 4.79 Å². The summed E-state index contributed by atoms with van der Waals surface area (Å²) in [6.07, 6.45) is 0.401. The first kappa shape index (κ1) is 12.2. The lowest BCUT2D eigenvalue weighted by molar-refractivity contribution is -0.142. The number of para-hydroxylation sites is 1. The number of benzene rings is 1. The first-order valence-corrected chi connectivity index (χ1v) is 5.00. The Kier molecular flexibility index (Phi) is 4.51. The van der Waals surface area contributed by atoms with Crippen LogP contribution in [0, 0.1) is 0 Å². The van der Waals surface area contributed by atoms with Gasteiger partial charge in [-0.1, -0.05) is 19.1 Å². The molecular weight excluding hydrogens is 208 g/mol. The van der Waals surface area contributed by atoms with Crippen LogP contribution >= 0.6 is 0 Å². The Labute approximate surface area is 94.2 Å². The number of carbonyl (C=O) groups is 2. The molecule has 0 aliphatic heterocycles.